The lowest BCUT2D eigenvalue weighted by molar-refractivity contribution is 0.631. The summed E-state index contributed by atoms with van der Waals surface area (Å²) in [5.74, 6) is 0.866. The molecule has 0 spiro atoms. The highest BCUT2D eigenvalue weighted by Crippen LogP contribution is 2.46. The first kappa shape index (κ1) is 35.2. The van der Waals surface area contributed by atoms with Gasteiger partial charge in [-0.25, -0.2) is 0 Å². The molecule has 1 heterocycles. The van der Waals surface area contributed by atoms with E-state index in [1.54, 1.807) is 0 Å². The molecule has 0 atom stereocenters. The summed E-state index contributed by atoms with van der Waals surface area (Å²) in [4.78, 5) is 2.43. The minimum absolute atomic E-state index is 0.866. The Kier molecular flexibility index (Phi) is 8.87. The fraction of sp³-hybridized carbons (Fsp3) is 0. The number of hydrogen-bond acceptors (Lipinski definition) is 2. The summed E-state index contributed by atoms with van der Waals surface area (Å²) in [5.41, 5.74) is 14.7. The highest BCUT2D eigenvalue weighted by molar-refractivity contribution is 6.07. The maximum atomic E-state index is 6.31. The van der Waals surface area contributed by atoms with Gasteiger partial charge in [-0.15, -0.1) is 0 Å². The highest BCUT2D eigenvalue weighted by atomic mass is 16.3. The zero-order chi connectivity index (χ0) is 39.8. The fourth-order valence-corrected chi connectivity index (χ4v) is 8.75. The van der Waals surface area contributed by atoms with Crippen LogP contribution in [-0.4, -0.2) is 0 Å². The van der Waals surface area contributed by atoms with Gasteiger partial charge in [-0.05, 0) is 97.6 Å². The lowest BCUT2D eigenvalue weighted by Crippen LogP contribution is -2.12. The van der Waals surface area contributed by atoms with Gasteiger partial charge >= 0.3 is 0 Å². The second-order valence-corrected chi connectivity index (χ2v) is 15.3. The molecule has 0 amide bonds. The van der Waals surface area contributed by atoms with Gasteiger partial charge in [0.05, 0.1) is 11.4 Å². The monoisotopic (exact) mass is 765 g/mol. The van der Waals surface area contributed by atoms with Crippen molar-refractivity contribution in [3.05, 3.63) is 237 Å². The van der Waals surface area contributed by atoms with Crippen molar-refractivity contribution >= 4 is 49.6 Å². The summed E-state index contributed by atoms with van der Waals surface area (Å²) in [6, 6.07) is 84.9. The lowest BCUT2D eigenvalue weighted by atomic mass is 9.94. The van der Waals surface area contributed by atoms with Crippen LogP contribution < -0.4 is 4.90 Å². The quantitative estimate of drug-likeness (QED) is 0.153. The second kappa shape index (κ2) is 15.1. The molecule has 282 valence electrons. The zero-order valence-corrected chi connectivity index (χ0v) is 32.9. The fourth-order valence-electron chi connectivity index (χ4n) is 8.75. The van der Waals surface area contributed by atoms with E-state index in [9.17, 15) is 0 Å². The predicted molar refractivity (Wildman–Crippen MR) is 253 cm³/mol. The first-order valence-corrected chi connectivity index (χ1v) is 20.5. The molecular weight excluding hydrogens is 727 g/mol. The van der Waals surface area contributed by atoms with E-state index in [-0.39, 0.29) is 0 Å². The molecular formula is C58H39NO. The number of anilines is 3. The van der Waals surface area contributed by atoms with E-state index < -0.39 is 0 Å². The normalized spacial score (nSPS) is 11.3. The maximum Gasteiger partial charge on any atom is 0.135 e. The van der Waals surface area contributed by atoms with E-state index in [0.717, 1.165) is 61.4 Å². The smallest absolute Gasteiger partial charge is 0.135 e. The number of para-hydroxylation sites is 2. The van der Waals surface area contributed by atoms with Crippen molar-refractivity contribution in [3.8, 4) is 55.8 Å². The average molecular weight is 766 g/mol. The second-order valence-electron chi connectivity index (χ2n) is 15.3. The van der Waals surface area contributed by atoms with Crippen molar-refractivity contribution in [2.24, 2.45) is 0 Å². The molecule has 11 rings (SSSR count). The first-order valence-electron chi connectivity index (χ1n) is 20.5. The summed E-state index contributed by atoms with van der Waals surface area (Å²) in [5, 5.41) is 5.93. The summed E-state index contributed by atoms with van der Waals surface area (Å²) >= 11 is 0. The van der Waals surface area contributed by atoms with E-state index in [4.69, 9.17) is 4.42 Å². The summed E-state index contributed by atoms with van der Waals surface area (Å²) in [6.07, 6.45) is 0. The third-order valence-corrected chi connectivity index (χ3v) is 11.7. The Labute approximate surface area is 349 Å². The van der Waals surface area contributed by atoms with Crippen molar-refractivity contribution in [1.82, 2.24) is 0 Å². The van der Waals surface area contributed by atoms with Gasteiger partial charge < -0.3 is 9.32 Å². The number of furan rings is 1. The van der Waals surface area contributed by atoms with Crippen molar-refractivity contribution < 1.29 is 4.42 Å². The standard InChI is InChI=1S/C58H39NO/c1-2-14-40(15-3-1)41-28-30-44(31-29-41)52-22-9-10-26-55(52)59(48-34-32-43(33-35-48)50-25-13-18-42-16-4-6-21-49(42)50)56-37-36-51(53-23-7-8-24-54(53)56)45-19-12-20-46(38-45)58-39-47-17-5-11-27-57(47)60-58/h1-39H. The van der Waals surface area contributed by atoms with Gasteiger partial charge in [-0.2, -0.15) is 0 Å². The van der Waals surface area contributed by atoms with Crippen LogP contribution in [0.5, 0.6) is 0 Å². The molecule has 0 radical (unpaired) electrons. The van der Waals surface area contributed by atoms with Crippen LogP contribution in [0.4, 0.5) is 17.1 Å². The van der Waals surface area contributed by atoms with Crippen LogP contribution in [0.15, 0.2) is 241 Å². The Morgan fingerprint density at radius 1 is 0.283 bits per heavy atom. The molecule has 1 aromatic heterocycles. The Morgan fingerprint density at radius 2 is 0.833 bits per heavy atom. The van der Waals surface area contributed by atoms with Crippen molar-refractivity contribution in [1.29, 1.82) is 0 Å². The third kappa shape index (κ3) is 6.41. The van der Waals surface area contributed by atoms with Gasteiger partial charge in [0.2, 0.25) is 0 Å². The number of hydrogen-bond donors (Lipinski definition) is 0. The Hall–Kier alpha value is -7.94. The minimum atomic E-state index is 0.866. The Morgan fingerprint density at radius 3 is 1.67 bits per heavy atom. The van der Waals surface area contributed by atoms with Crippen LogP contribution in [0.2, 0.25) is 0 Å². The van der Waals surface area contributed by atoms with Gasteiger partial charge in [0.15, 0.2) is 0 Å². The SMILES string of the molecule is c1ccc(-c2ccc(-c3ccccc3N(c3ccc(-c4cccc5ccccc45)cc3)c3ccc(-c4cccc(-c5cc6ccccc6o5)c4)c4ccccc34)cc2)cc1. The average Bonchev–Trinajstić information content (AvgIpc) is 3.77. The Balaban J connectivity index is 1.06. The summed E-state index contributed by atoms with van der Waals surface area (Å²) < 4.78 is 6.31. The van der Waals surface area contributed by atoms with Gasteiger partial charge in [-0.1, -0.05) is 194 Å². The predicted octanol–water partition coefficient (Wildman–Crippen LogP) is 16.5. The number of nitrogens with zero attached hydrogens (tertiary/aromatic N) is 1. The third-order valence-electron chi connectivity index (χ3n) is 11.7. The van der Waals surface area contributed by atoms with Crippen molar-refractivity contribution in [2.45, 2.75) is 0 Å². The first-order chi connectivity index (χ1) is 29.7. The molecule has 0 bridgehead atoms. The van der Waals surface area contributed by atoms with Crippen LogP contribution in [0.25, 0.3) is 88.3 Å². The van der Waals surface area contributed by atoms with Gasteiger partial charge in [-0.3, -0.25) is 0 Å². The molecule has 10 aromatic carbocycles. The Bertz CT molecular complexity index is 3270. The van der Waals surface area contributed by atoms with E-state index in [2.05, 4.69) is 229 Å². The van der Waals surface area contributed by atoms with Crippen LogP contribution in [-0.2, 0) is 0 Å². The molecule has 11 aromatic rings. The zero-order valence-electron chi connectivity index (χ0n) is 32.9. The molecule has 2 nitrogen and oxygen atoms in total. The molecule has 0 aliphatic carbocycles. The van der Waals surface area contributed by atoms with Gasteiger partial charge in [0.1, 0.15) is 11.3 Å². The van der Waals surface area contributed by atoms with Crippen LogP contribution >= 0.6 is 0 Å². The number of rotatable bonds is 8. The molecule has 0 aliphatic heterocycles. The highest BCUT2D eigenvalue weighted by Gasteiger charge is 2.21. The summed E-state index contributed by atoms with van der Waals surface area (Å²) in [7, 11) is 0. The van der Waals surface area contributed by atoms with E-state index >= 15 is 0 Å². The lowest BCUT2D eigenvalue weighted by Gasteiger charge is -2.30. The molecule has 60 heavy (non-hydrogen) atoms. The molecule has 0 aliphatic rings. The van der Waals surface area contributed by atoms with E-state index in [0.29, 0.717) is 0 Å². The molecule has 0 saturated heterocycles. The molecule has 2 heteroatoms. The van der Waals surface area contributed by atoms with Gasteiger partial charge in [0, 0.05) is 27.6 Å². The van der Waals surface area contributed by atoms with E-state index in [1.165, 1.54) is 44.0 Å². The van der Waals surface area contributed by atoms with E-state index in [1.807, 2.05) is 12.1 Å². The van der Waals surface area contributed by atoms with Crippen molar-refractivity contribution in [3.63, 3.8) is 0 Å². The summed E-state index contributed by atoms with van der Waals surface area (Å²) in [6.45, 7) is 0. The molecule has 0 fully saturated rings. The minimum Gasteiger partial charge on any atom is -0.456 e. The van der Waals surface area contributed by atoms with Crippen LogP contribution in [0.1, 0.15) is 0 Å². The van der Waals surface area contributed by atoms with Gasteiger partial charge in [0.25, 0.3) is 0 Å². The van der Waals surface area contributed by atoms with Crippen molar-refractivity contribution in [2.75, 3.05) is 4.90 Å². The molecule has 0 unspecified atom stereocenters. The largest absolute Gasteiger partial charge is 0.456 e. The molecule has 0 saturated carbocycles. The number of fused-ring (bicyclic) bond motifs is 3. The molecule has 0 N–H and O–H groups in total. The maximum absolute atomic E-state index is 6.31. The van der Waals surface area contributed by atoms with Crippen LogP contribution in [0.3, 0.4) is 0 Å². The topological polar surface area (TPSA) is 16.4 Å². The number of benzene rings is 10. The van der Waals surface area contributed by atoms with Crippen LogP contribution in [0, 0.1) is 0 Å².